The summed E-state index contributed by atoms with van der Waals surface area (Å²) in [5.41, 5.74) is 6.47. The molecule has 1 aromatic rings. The Morgan fingerprint density at radius 3 is 3.06 bits per heavy atom. The van der Waals surface area contributed by atoms with Gasteiger partial charge in [0.05, 0.1) is 11.3 Å². The summed E-state index contributed by atoms with van der Waals surface area (Å²) < 4.78 is 0. The predicted molar refractivity (Wildman–Crippen MR) is 68.9 cm³/mol. The van der Waals surface area contributed by atoms with Gasteiger partial charge < -0.3 is 11.1 Å². The lowest BCUT2D eigenvalue weighted by Gasteiger charge is -2.08. The van der Waals surface area contributed by atoms with Gasteiger partial charge in [0.2, 0.25) is 0 Å². The van der Waals surface area contributed by atoms with Crippen molar-refractivity contribution < 1.29 is 4.79 Å². The second-order valence-corrected chi connectivity index (χ2v) is 4.40. The van der Waals surface area contributed by atoms with Crippen molar-refractivity contribution in [3.8, 4) is 0 Å². The van der Waals surface area contributed by atoms with Gasteiger partial charge in [0.25, 0.3) is 5.91 Å². The summed E-state index contributed by atoms with van der Waals surface area (Å²) in [4.78, 5) is 15.0. The molecule has 0 spiro atoms. The lowest BCUT2D eigenvalue weighted by atomic mass is 10.2. The molecule has 1 rings (SSSR count). The van der Waals surface area contributed by atoms with E-state index in [1.165, 1.54) is 18.4 Å². The van der Waals surface area contributed by atoms with E-state index >= 15 is 0 Å². The Balaban J connectivity index is 2.44. The fourth-order valence-electron chi connectivity index (χ4n) is 1.34. The molecule has 3 N–H and O–H groups in total. The maximum absolute atomic E-state index is 11.1. The fraction of sp³-hybridized carbons (Fsp3) is 0.455. The number of nitrogens with zero attached hydrogens (tertiary/aromatic N) is 1. The largest absolute Gasteiger partial charge is 0.384 e. The first kappa shape index (κ1) is 12.8. The molecule has 0 aromatic carbocycles. The van der Waals surface area contributed by atoms with Crippen LogP contribution in [-0.4, -0.2) is 29.4 Å². The van der Waals surface area contributed by atoms with Gasteiger partial charge >= 0.3 is 0 Å². The summed E-state index contributed by atoms with van der Waals surface area (Å²) in [7, 11) is 0. The average molecular weight is 239 g/mol. The van der Waals surface area contributed by atoms with E-state index in [0.717, 1.165) is 18.7 Å². The van der Waals surface area contributed by atoms with E-state index in [9.17, 15) is 4.79 Å². The smallest absolute Gasteiger partial charge is 0.252 e. The lowest BCUT2D eigenvalue weighted by molar-refractivity contribution is 0.100. The van der Waals surface area contributed by atoms with E-state index in [1.807, 2.05) is 11.8 Å². The zero-order valence-electron chi connectivity index (χ0n) is 9.40. The number of rotatable bonds is 7. The molecular formula is C11H17N3OS. The number of thioether (sulfide) groups is 1. The Kier molecular flexibility index (Phi) is 5.71. The molecule has 1 heterocycles. The van der Waals surface area contributed by atoms with Crippen LogP contribution in [0.4, 0.5) is 5.69 Å². The van der Waals surface area contributed by atoms with Gasteiger partial charge in [-0.05, 0) is 30.9 Å². The third-order valence-corrected chi connectivity index (χ3v) is 2.87. The van der Waals surface area contributed by atoms with Crippen LogP contribution in [0.3, 0.4) is 0 Å². The molecule has 16 heavy (non-hydrogen) atoms. The molecule has 0 aliphatic rings. The average Bonchev–Trinajstić information content (AvgIpc) is 2.29. The van der Waals surface area contributed by atoms with Gasteiger partial charge in [-0.2, -0.15) is 11.8 Å². The second kappa shape index (κ2) is 7.11. The number of unbranched alkanes of at least 4 members (excludes halogenated alkanes) is 1. The number of hydrogen-bond acceptors (Lipinski definition) is 4. The maximum Gasteiger partial charge on any atom is 0.252 e. The first-order valence-corrected chi connectivity index (χ1v) is 6.61. The zero-order valence-corrected chi connectivity index (χ0v) is 10.2. The molecule has 0 saturated heterocycles. The van der Waals surface area contributed by atoms with Crippen LogP contribution in [0.5, 0.6) is 0 Å². The minimum Gasteiger partial charge on any atom is -0.384 e. The molecular weight excluding hydrogens is 222 g/mol. The van der Waals surface area contributed by atoms with Crippen molar-refractivity contribution in [2.45, 2.75) is 12.8 Å². The van der Waals surface area contributed by atoms with Gasteiger partial charge in [-0.25, -0.2) is 0 Å². The molecule has 4 nitrogen and oxygen atoms in total. The molecule has 0 saturated carbocycles. The summed E-state index contributed by atoms with van der Waals surface area (Å²) in [5, 5.41) is 3.20. The van der Waals surface area contributed by atoms with E-state index in [2.05, 4.69) is 16.6 Å². The number of carbonyl (C=O) groups excluding carboxylic acids is 1. The van der Waals surface area contributed by atoms with Gasteiger partial charge in [0.1, 0.15) is 0 Å². The molecule has 0 radical (unpaired) electrons. The van der Waals surface area contributed by atoms with Crippen LogP contribution in [0.1, 0.15) is 23.2 Å². The molecule has 0 aliphatic carbocycles. The van der Waals surface area contributed by atoms with Crippen molar-refractivity contribution >= 4 is 23.4 Å². The van der Waals surface area contributed by atoms with E-state index in [1.54, 1.807) is 12.3 Å². The van der Waals surface area contributed by atoms with E-state index in [0.29, 0.717) is 5.56 Å². The number of pyridine rings is 1. The molecule has 1 aromatic heterocycles. The Hall–Kier alpha value is -1.23. The fourth-order valence-corrected chi connectivity index (χ4v) is 1.83. The van der Waals surface area contributed by atoms with Crippen LogP contribution >= 0.6 is 11.8 Å². The molecule has 0 bridgehead atoms. The Labute approximate surface area is 100 Å². The summed E-state index contributed by atoms with van der Waals surface area (Å²) in [6, 6.07) is 1.77. The Morgan fingerprint density at radius 1 is 1.56 bits per heavy atom. The zero-order chi connectivity index (χ0) is 11.8. The maximum atomic E-state index is 11.1. The van der Waals surface area contributed by atoms with Crippen LogP contribution in [0, 0.1) is 0 Å². The summed E-state index contributed by atoms with van der Waals surface area (Å²) in [5.74, 6) is 0.723. The monoisotopic (exact) mass is 239 g/mol. The van der Waals surface area contributed by atoms with Crippen molar-refractivity contribution in [3.05, 3.63) is 24.0 Å². The first-order valence-electron chi connectivity index (χ1n) is 5.22. The number of nitrogens with one attached hydrogen (secondary N) is 1. The highest BCUT2D eigenvalue weighted by Crippen LogP contribution is 2.12. The molecule has 88 valence electrons. The highest BCUT2D eigenvalue weighted by Gasteiger charge is 2.06. The lowest BCUT2D eigenvalue weighted by Crippen LogP contribution is -2.15. The van der Waals surface area contributed by atoms with Gasteiger partial charge in [-0.1, -0.05) is 0 Å². The number of aromatic nitrogens is 1. The molecule has 0 aliphatic heterocycles. The van der Waals surface area contributed by atoms with E-state index < -0.39 is 5.91 Å². The number of hydrogen-bond donors (Lipinski definition) is 2. The van der Waals surface area contributed by atoms with Gasteiger partial charge in [0, 0.05) is 18.9 Å². The van der Waals surface area contributed by atoms with Crippen LogP contribution < -0.4 is 11.1 Å². The summed E-state index contributed by atoms with van der Waals surface area (Å²) in [6.07, 6.45) is 7.50. The minimum absolute atomic E-state index is 0.445. The highest BCUT2D eigenvalue weighted by molar-refractivity contribution is 7.98. The quantitative estimate of drug-likeness (QED) is 0.711. The van der Waals surface area contributed by atoms with Crippen molar-refractivity contribution in [2.24, 2.45) is 5.73 Å². The third kappa shape index (κ3) is 4.10. The number of primary amides is 1. The minimum atomic E-state index is -0.445. The summed E-state index contributed by atoms with van der Waals surface area (Å²) >= 11 is 1.84. The van der Waals surface area contributed by atoms with Crippen LogP contribution in [0.2, 0.25) is 0 Å². The van der Waals surface area contributed by atoms with E-state index in [-0.39, 0.29) is 0 Å². The third-order valence-electron chi connectivity index (χ3n) is 2.18. The first-order chi connectivity index (χ1) is 7.75. The van der Waals surface area contributed by atoms with Gasteiger partial charge in [-0.15, -0.1) is 0 Å². The Morgan fingerprint density at radius 2 is 2.38 bits per heavy atom. The number of amides is 1. The highest BCUT2D eigenvalue weighted by atomic mass is 32.2. The Bertz CT molecular complexity index is 344. The van der Waals surface area contributed by atoms with Crippen molar-refractivity contribution in [2.75, 3.05) is 23.9 Å². The topological polar surface area (TPSA) is 68.0 Å². The molecule has 0 atom stereocenters. The number of carbonyl (C=O) groups is 1. The van der Waals surface area contributed by atoms with Crippen LogP contribution in [-0.2, 0) is 0 Å². The molecule has 5 heteroatoms. The normalized spacial score (nSPS) is 10.1. The van der Waals surface area contributed by atoms with Gasteiger partial charge in [0.15, 0.2) is 0 Å². The van der Waals surface area contributed by atoms with Crippen molar-refractivity contribution in [1.29, 1.82) is 0 Å². The number of anilines is 1. The standard InChI is InChI=1S/C11H17N3OS/c1-16-7-3-2-5-14-10-4-6-13-8-9(10)11(12)15/h4,6,8H,2-3,5,7H2,1H3,(H2,12,15)(H,13,14). The van der Waals surface area contributed by atoms with Crippen molar-refractivity contribution in [3.63, 3.8) is 0 Å². The second-order valence-electron chi connectivity index (χ2n) is 3.41. The van der Waals surface area contributed by atoms with Crippen molar-refractivity contribution in [1.82, 2.24) is 4.98 Å². The van der Waals surface area contributed by atoms with Crippen LogP contribution in [0.25, 0.3) is 0 Å². The summed E-state index contributed by atoms with van der Waals surface area (Å²) in [6.45, 7) is 0.852. The molecule has 1 amide bonds. The van der Waals surface area contributed by atoms with Crippen LogP contribution in [0.15, 0.2) is 18.5 Å². The number of nitrogens with two attached hydrogens (primary N) is 1. The van der Waals surface area contributed by atoms with E-state index in [4.69, 9.17) is 5.73 Å². The molecule has 0 fully saturated rings. The molecule has 0 unspecified atom stereocenters. The van der Waals surface area contributed by atoms with Gasteiger partial charge in [-0.3, -0.25) is 9.78 Å². The SMILES string of the molecule is CSCCCCNc1ccncc1C(N)=O. The predicted octanol–water partition coefficient (Wildman–Crippen LogP) is 1.74.